The predicted octanol–water partition coefficient (Wildman–Crippen LogP) is 2.47. The van der Waals surface area contributed by atoms with Crippen molar-refractivity contribution in [2.75, 3.05) is 6.61 Å². The summed E-state index contributed by atoms with van der Waals surface area (Å²) in [6.07, 6.45) is 0. The van der Waals surface area contributed by atoms with Gasteiger partial charge in [-0.25, -0.2) is 4.79 Å². The van der Waals surface area contributed by atoms with Crippen LogP contribution in [0.1, 0.15) is 28.5 Å². The molecule has 0 atom stereocenters. The zero-order valence-corrected chi connectivity index (χ0v) is 11.0. The van der Waals surface area contributed by atoms with Gasteiger partial charge in [0.1, 0.15) is 12.3 Å². The van der Waals surface area contributed by atoms with E-state index in [-0.39, 0.29) is 0 Å². The number of hydrogen-bond acceptors (Lipinski definition) is 4. The topological polar surface area (TPSA) is 64.2 Å². The van der Waals surface area contributed by atoms with E-state index in [0.29, 0.717) is 30.4 Å². The van der Waals surface area contributed by atoms with Gasteiger partial charge in [0.2, 0.25) is 5.88 Å². The summed E-state index contributed by atoms with van der Waals surface area (Å²) < 4.78 is 10.5. The van der Waals surface area contributed by atoms with Gasteiger partial charge in [0, 0.05) is 5.56 Å². The molecule has 0 aliphatic rings. The summed E-state index contributed by atoms with van der Waals surface area (Å²) in [5, 5.41) is 6.63. The highest BCUT2D eigenvalue weighted by molar-refractivity contribution is 5.89. The van der Waals surface area contributed by atoms with E-state index in [9.17, 15) is 4.79 Å². The second kappa shape index (κ2) is 6.04. The Morgan fingerprint density at radius 3 is 2.74 bits per heavy atom. The molecule has 1 aromatic carbocycles. The van der Waals surface area contributed by atoms with Gasteiger partial charge in [-0.2, -0.15) is 0 Å². The maximum absolute atomic E-state index is 11.6. The van der Waals surface area contributed by atoms with Crippen LogP contribution in [0, 0.1) is 6.92 Å². The normalized spacial score (nSPS) is 10.2. The van der Waals surface area contributed by atoms with Crippen LogP contribution in [0.5, 0.6) is 5.88 Å². The highest BCUT2D eigenvalue weighted by Gasteiger charge is 2.17. The number of rotatable bonds is 5. The molecular weight excluding hydrogens is 244 g/mol. The van der Waals surface area contributed by atoms with Crippen molar-refractivity contribution in [3.8, 4) is 5.88 Å². The first-order valence-corrected chi connectivity index (χ1v) is 6.11. The summed E-state index contributed by atoms with van der Waals surface area (Å²) in [4.78, 5) is 11.6. The number of H-pyrrole nitrogens is 1. The van der Waals surface area contributed by atoms with Crippen LogP contribution < -0.4 is 4.74 Å². The van der Waals surface area contributed by atoms with Gasteiger partial charge in [-0.15, -0.1) is 5.10 Å². The first-order valence-electron chi connectivity index (χ1n) is 6.11. The van der Waals surface area contributed by atoms with E-state index in [1.54, 1.807) is 13.8 Å². The molecule has 2 aromatic rings. The third-order valence-electron chi connectivity index (χ3n) is 2.66. The lowest BCUT2D eigenvalue weighted by Crippen LogP contribution is -2.06. The lowest BCUT2D eigenvalue weighted by molar-refractivity contribution is 0.0518. The van der Waals surface area contributed by atoms with Crippen LogP contribution in [0.15, 0.2) is 30.3 Å². The van der Waals surface area contributed by atoms with Crippen LogP contribution in [-0.2, 0) is 11.3 Å². The van der Waals surface area contributed by atoms with Crippen molar-refractivity contribution in [1.82, 2.24) is 10.2 Å². The number of ether oxygens (including phenoxy) is 2. The van der Waals surface area contributed by atoms with Crippen LogP contribution in [0.3, 0.4) is 0 Å². The minimum absolute atomic E-state index is 0.331. The molecule has 0 radical (unpaired) electrons. The molecule has 100 valence electrons. The third-order valence-corrected chi connectivity index (χ3v) is 2.66. The summed E-state index contributed by atoms with van der Waals surface area (Å²) in [6, 6.07) is 9.77. The van der Waals surface area contributed by atoms with Crippen molar-refractivity contribution >= 4 is 5.97 Å². The predicted molar refractivity (Wildman–Crippen MR) is 70.1 cm³/mol. The molecule has 0 amide bonds. The van der Waals surface area contributed by atoms with E-state index < -0.39 is 5.97 Å². The summed E-state index contributed by atoms with van der Waals surface area (Å²) >= 11 is 0. The fourth-order valence-electron chi connectivity index (χ4n) is 1.65. The maximum atomic E-state index is 11.6. The fourth-order valence-corrected chi connectivity index (χ4v) is 1.65. The number of nitrogens with zero attached hydrogens (tertiary/aromatic N) is 1. The highest BCUT2D eigenvalue weighted by atomic mass is 16.5. The molecule has 1 heterocycles. The molecule has 1 N–H and O–H groups in total. The van der Waals surface area contributed by atoms with Crippen LogP contribution in [0.25, 0.3) is 0 Å². The molecule has 5 heteroatoms. The molecule has 0 bridgehead atoms. The number of aromatic nitrogens is 2. The molecular formula is C14H16N2O3. The van der Waals surface area contributed by atoms with Crippen molar-refractivity contribution < 1.29 is 14.3 Å². The standard InChI is InChI=1S/C14H16N2O3/c1-3-18-14(17)12-10(2)13(16-15-12)19-9-11-7-5-4-6-8-11/h4-8H,3,9H2,1-2H3,(H,15,16). The molecule has 0 saturated heterocycles. The van der Waals surface area contributed by atoms with Gasteiger partial charge in [0.05, 0.1) is 6.61 Å². The Kier molecular flexibility index (Phi) is 4.18. The average molecular weight is 260 g/mol. The number of nitrogens with one attached hydrogen (secondary N) is 1. The monoisotopic (exact) mass is 260 g/mol. The maximum Gasteiger partial charge on any atom is 0.356 e. The van der Waals surface area contributed by atoms with E-state index in [0.717, 1.165) is 5.56 Å². The molecule has 19 heavy (non-hydrogen) atoms. The van der Waals surface area contributed by atoms with Gasteiger partial charge in [0.25, 0.3) is 0 Å². The SMILES string of the molecule is CCOC(=O)c1[nH]nc(OCc2ccccc2)c1C. The third kappa shape index (κ3) is 3.13. The Labute approximate surface area is 111 Å². The smallest absolute Gasteiger partial charge is 0.356 e. The van der Waals surface area contributed by atoms with E-state index in [2.05, 4.69) is 10.2 Å². The van der Waals surface area contributed by atoms with Crippen molar-refractivity contribution in [3.05, 3.63) is 47.2 Å². The quantitative estimate of drug-likeness (QED) is 0.839. The van der Waals surface area contributed by atoms with Crippen molar-refractivity contribution in [2.24, 2.45) is 0 Å². The first-order chi connectivity index (χ1) is 9.22. The Morgan fingerprint density at radius 1 is 1.32 bits per heavy atom. The van der Waals surface area contributed by atoms with Crippen LogP contribution in [0.4, 0.5) is 0 Å². The molecule has 0 unspecified atom stereocenters. The van der Waals surface area contributed by atoms with Crippen molar-refractivity contribution in [3.63, 3.8) is 0 Å². The lowest BCUT2D eigenvalue weighted by atomic mass is 10.2. The Hall–Kier alpha value is -2.30. The van der Waals surface area contributed by atoms with Crippen LogP contribution in [-0.4, -0.2) is 22.8 Å². The van der Waals surface area contributed by atoms with Crippen molar-refractivity contribution in [1.29, 1.82) is 0 Å². The lowest BCUT2D eigenvalue weighted by Gasteiger charge is -2.04. The number of esters is 1. The minimum Gasteiger partial charge on any atom is -0.472 e. The Balaban J connectivity index is 2.04. The van der Waals surface area contributed by atoms with Gasteiger partial charge in [-0.05, 0) is 19.4 Å². The Morgan fingerprint density at radius 2 is 2.05 bits per heavy atom. The molecule has 0 saturated carbocycles. The van der Waals surface area contributed by atoms with E-state index >= 15 is 0 Å². The molecule has 0 fully saturated rings. The molecule has 0 aliphatic carbocycles. The minimum atomic E-state index is -0.415. The summed E-state index contributed by atoms with van der Waals surface area (Å²) in [5.74, 6) is 0.00830. The van der Waals surface area contributed by atoms with E-state index in [4.69, 9.17) is 9.47 Å². The molecule has 0 spiro atoms. The zero-order chi connectivity index (χ0) is 13.7. The molecule has 5 nitrogen and oxygen atoms in total. The van der Waals surface area contributed by atoms with Gasteiger partial charge < -0.3 is 9.47 Å². The molecule has 1 aromatic heterocycles. The van der Waals surface area contributed by atoms with E-state index in [1.807, 2.05) is 30.3 Å². The van der Waals surface area contributed by atoms with Gasteiger partial charge in [-0.1, -0.05) is 30.3 Å². The Bertz CT molecular complexity index is 549. The largest absolute Gasteiger partial charge is 0.472 e. The second-order valence-electron chi connectivity index (χ2n) is 4.02. The molecule has 0 aliphatic heterocycles. The van der Waals surface area contributed by atoms with Crippen LogP contribution >= 0.6 is 0 Å². The fraction of sp³-hybridized carbons (Fsp3) is 0.286. The number of aromatic amines is 1. The van der Waals surface area contributed by atoms with Gasteiger partial charge in [0.15, 0.2) is 0 Å². The van der Waals surface area contributed by atoms with Crippen molar-refractivity contribution in [2.45, 2.75) is 20.5 Å². The first kappa shape index (κ1) is 13.1. The number of carbonyl (C=O) groups is 1. The number of hydrogen-bond donors (Lipinski definition) is 1. The van der Waals surface area contributed by atoms with Crippen LogP contribution in [0.2, 0.25) is 0 Å². The summed E-state index contributed by atoms with van der Waals surface area (Å²) in [5.41, 5.74) is 2.04. The summed E-state index contributed by atoms with van der Waals surface area (Å²) in [7, 11) is 0. The highest BCUT2D eigenvalue weighted by Crippen LogP contribution is 2.19. The van der Waals surface area contributed by atoms with Gasteiger partial charge >= 0.3 is 5.97 Å². The summed E-state index contributed by atoms with van der Waals surface area (Å²) in [6.45, 7) is 4.28. The second-order valence-corrected chi connectivity index (χ2v) is 4.02. The number of carbonyl (C=O) groups excluding carboxylic acids is 1. The zero-order valence-electron chi connectivity index (χ0n) is 11.0. The van der Waals surface area contributed by atoms with E-state index in [1.165, 1.54) is 0 Å². The average Bonchev–Trinajstić information content (AvgIpc) is 2.79. The van der Waals surface area contributed by atoms with Gasteiger partial charge in [-0.3, -0.25) is 5.10 Å². The molecule has 2 rings (SSSR count). The number of benzene rings is 1.